The average molecular weight is 225 g/mol. The van der Waals surface area contributed by atoms with Crippen molar-refractivity contribution in [2.75, 3.05) is 13.2 Å². The van der Waals surface area contributed by atoms with Crippen LogP contribution in [0, 0.1) is 6.92 Å². The molecule has 1 aromatic heterocycles. The molecule has 0 atom stereocenters. The fourth-order valence-corrected chi connectivity index (χ4v) is 1.49. The van der Waals surface area contributed by atoms with Crippen LogP contribution in [0.25, 0.3) is 0 Å². The highest BCUT2D eigenvalue weighted by atomic mass is 16.7. The van der Waals surface area contributed by atoms with Gasteiger partial charge in [0.15, 0.2) is 6.29 Å². The van der Waals surface area contributed by atoms with E-state index in [0.717, 1.165) is 5.56 Å². The summed E-state index contributed by atoms with van der Waals surface area (Å²) in [5.74, 6) is 0. The van der Waals surface area contributed by atoms with Crippen LogP contribution in [0.15, 0.2) is 23.1 Å². The first kappa shape index (κ1) is 12.9. The maximum absolute atomic E-state index is 11.8. The van der Waals surface area contributed by atoms with Gasteiger partial charge in [-0.2, -0.15) is 0 Å². The third-order valence-corrected chi connectivity index (χ3v) is 2.26. The number of hydrogen-bond donors (Lipinski definition) is 0. The van der Waals surface area contributed by atoms with Gasteiger partial charge in [0, 0.05) is 25.0 Å². The smallest absolute Gasteiger partial charge is 0.253 e. The first-order chi connectivity index (χ1) is 7.69. The van der Waals surface area contributed by atoms with E-state index in [0.29, 0.717) is 19.8 Å². The van der Waals surface area contributed by atoms with Crippen molar-refractivity contribution >= 4 is 0 Å². The number of aromatic nitrogens is 1. The minimum Gasteiger partial charge on any atom is -0.351 e. The molecule has 0 aliphatic rings. The molecule has 0 bridgehead atoms. The summed E-state index contributed by atoms with van der Waals surface area (Å²) in [6.45, 7) is 7.20. The Morgan fingerprint density at radius 3 is 2.50 bits per heavy atom. The largest absolute Gasteiger partial charge is 0.351 e. The van der Waals surface area contributed by atoms with Gasteiger partial charge >= 0.3 is 0 Å². The summed E-state index contributed by atoms with van der Waals surface area (Å²) in [6, 6.07) is 3.65. The summed E-state index contributed by atoms with van der Waals surface area (Å²) in [6.07, 6.45) is 1.40. The molecule has 0 unspecified atom stereocenters. The number of pyridine rings is 1. The molecule has 1 heterocycles. The SMILES string of the molecule is CCOC(Cn1cccc(C)c1=O)OCC. The van der Waals surface area contributed by atoms with Crippen LogP contribution in [0.3, 0.4) is 0 Å². The molecule has 0 saturated heterocycles. The van der Waals surface area contributed by atoms with E-state index < -0.39 is 0 Å². The standard InChI is InChI=1S/C12H19NO3/c1-4-15-11(16-5-2)9-13-8-6-7-10(3)12(13)14/h6-8,11H,4-5,9H2,1-3H3. The first-order valence-corrected chi connectivity index (χ1v) is 5.58. The Kier molecular flexibility index (Phi) is 5.22. The molecule has 0 aromatic carbocycles. The average Bonchev–Trinajstić information content (AvgIpc) is 2.25. The van der Waals surface area contributed by atoms with Crippen LogP contribution in [-0.2, 0) is 16.0 Å². The van der Waals surface area contributed by atoms with E-state index in [9.17, 15) is 4.79 Å². The predicted molar refractivity (Wildman–Crippen MR) is 62.5 cm³/mol. The fourth-order valence-electron chi connectivity index (χ4n) is 1.49. The Morgan fingerprint density at radius 1 is 1.31 bits per heavy atom. The van der Waals surface area contributed by atoms with Crippen molar-refractivity contribution in [1.29, 1.82) is 0 Å². The lowest BCUT2D eigenvalue weighted by Crippen LogP contribution is -2.30. The molecule has 1 rings (SSSR count). The van der Waals surface area contributed by atoms with E-state index in [4.69, 9.17) is 9.47 Å². The van der Waals surface area contributed by atoms with Gasteiger partial charge in [-0.3, -0.25) is 4.79 Å². The van der Waals surface area contributed by atoms with Crippen LogP contribution in [-0.4, -0.2) is 24.1 Å². The maximum Gasteiger partial charge on any atom is 0.253 e. The summed E-state index contributed by atoms with van der Waals surface area (Å²) >= 11 is 0. The van der Waals surface area contributed by atoms with Gasteiger partial charge in [-0.05, 0) is 26.8 Å². The van der Waals surface area contributed by atoms with Gasteiger partial charge in [0.05, 0.1) is 6.54 Å². The molecular weight excluding hydrogens is 206 g/mol. The van der Waals surface area contributed by atoms with Crippen molar-refractivity contribution in [2.24, 2.45) is 0 Å². The van der Waals surface area contributed by atoms with Gasteiger partial charge in [-0.1, -0.05) is 6.07 Å². The summed E-state index contributed by atoms with van der Waals surface area (Å²) in [7, 11) is 0. The van der Waals surface area contributed by atoms with Crippen LogP contribution in [0.2, 0.25) is 0 Å². The first-order valence-electron chi connectivity index (χ1n) is 5.58. The quantitative estimate of drug-likeness (QED) is 0.690. The van der Waals surface area contributed by atoms with E-state index in [1.54, 1.807) is 23.8 Å². The number of hydrogen-bond acceptors (Lipinski definition) is 3. The highest BCUT2D eigenvalue weighted by molar-refractivity contribution is 5.07. The highest BCUT2D eigenvalue weighted by Crippen LogP contribution is 1.99. The van der Waals surface area contributed by atoms with Gasteiger partial charge in [0.2, 0.25) is 0 Å². The Morgan fingerprint density at radius 2 is 1.94 bits per heavy atom. The molecule has 0 N–H and O–H groups in total. The lowest BCUT2D eigenvalue weighted by atomic mass is 10.3. The van der Waals surface area contributed by atoms with Crippen molar-refractivity contribution in [3.05, 3.63) is 34.2 Å². The molecule has 0 amide bonds. The van der Waals surface area contributed by atoms with Crippen LogP contribution in [0.5, 0.6) is 0 Å². The Labute approximate surface area is 95.8 Å². The summed E-state index contributed by atoms with van der Waals surface area (Å²) in [4.78, 5) is 11.8. The van der Waals surface area contributed by atoms with E-state index in [2.05, 4.69) is 0 Å². The lowest BCUT2D eigenvalue weighted by molar-refractivity contribution is -0.143. The van der Waals surface area contributed by atoms with E-state index in [1.165, 1.54) is 0 Å². The van der Waals surface area contributed by atoms with Crippen molar-refractivity contribution in [3.8, 4) is 0 Å². The molecule has 4 nitrogen and oxygen atoms in total. The van der Waals surface area contributed by atoms with Crippen LogP contribution in [0.1, 0.15) is 19.4 Å². The van der Waals surface area contributed by atoms with Crippen LogP contribution >= 0.6 is 0 Å². The van der Waals surface area contributed by atoms with Gasteiger partial charge in [-0.25, -0.2) is 0 Å². The topological polar surface area (TPSA) is 40.5 Å². The molecule has 0 spiro atoms. The van der Waals surface area contributed by atoms with Crippen molar-refractivity contribution in [2.45, 2.75) is 33.6 Å². The molecule has 0 radical (unpaired) electrons. The molecule has 4 heteroatoms. The Bertz CT molecular complexity index is 367. The normalized spacial score (nSPS) is 11.0. The molecule has 90 valence electrons. The molecule has 0 aliphatic heterocycles. The second-order valence-corrected chi connectivity index (χ2v) is 3.49. The monoisotopic (exact) mass is 225 g/mol. The lowest BCUT2D eigenvalue weighted by Gasteiger charge is -2.18. The number of aryl methyl sites for hydroxylation is 1. The van der Waals surface area contributed by atoms with Gasteiger partial charge < -0.3 is 14.0 Å². The Balaban J connectivity index is 2.76. The van der Waals surface area contributed by atoms with Crippen molar-refractivity contribution in [1.82, 2.24) is 4.57 Å². The van der Waals surface area contributed by atoms with Gasteiger partial charge in [0.25, 0.3) is 5.56 Å². The number of rotatable bonds is 6. The second-order valence-electron chi connectivity index (χ2n) is 3.49. The third-order valence-electron chi connectivity index (χ3n) is 2.26. The van der Waals surface area contributed by atoms with Gasteiger partial charge in [-0.15, -0.1) is 0 Å². The third kappa shape index (κ3) is 3.47. The summed E-state index contributed by atoms with van der Waals surface area (Å²) in [5, 5.41) is 0. The van der Waals surface area contributed by atoms with E-state index in [1.807, 2.05) is 19.9 Å². The summed E-state index contributed by atoms with van der Waals surface area (Å²) in [5.41, 5.74) is 0.737. The molecular formula is C12H19NO3. The zero-order valence-corrected chi connectivity index (χ0v) is 10.1. The minimum absolute atomic E-state index is 0.00639. The minimum atomic E-state index is -0.352. The Hall–Kier alpha value is -1.13. The second kappa shape index (κ2) is 6.45. The van der Waals surface area contributed by atoms with Crippen LogP contribution in [0.4, 0.5) is 0 Å². The van der Waals surface area contributed by atoms with Crippen LogP contribution < -0.4 is 5.56 Å². The van der Waals surface area contributed by atoms with E-state index >= 15 is 0 Å². The number of nitrogens with zero attached hydrogens (tertiary/aromatic N) is 1. The molecule has 0 aliphatic carbocycles. The zero-order chi connectivity index (χ0) is 12.0. The highest BCUT2D eigenvalue weighted by Gasteiger charge is 2.10. The van der Waals surface area contributed by atoms with Crippen molar-refractivity contribution < 1.29 is 9.47 Å². The predicted octanol–water partition coefficient (Wildman–Crippen LogP) is 1.56. The van der Waals surface area contributed by atoms with Gasteiger partial charge in [0.1, 0.15) is 0 Å². The molecule has 0 saturated carbocycles. The fraction of sp³-hybridized carbons (Fsp3) is 0.583. The zero-order valence-electron chi connectivity index (χ0n) is 10.1. The van der Waals surface area contributed by atoms with Crippen molar-refractivity contribution in [3.63, 3.8) is 0 Å². The van der Waals surface area contributed by atoms with E-state index in [-0.39, 0.29) is 11.8 Å². The molecule has 1 aromatic rings. The number of ether oxygens (including phenoxy) is 2. The molecule has 16 heavy (non-hydrogen) atoms. The molecule has 0 fully saturated rings. The summed E-state index contributed by atoms with van der Waals surface area (Å²) < 4.78 is 12.4. The maximum atomic E-state index is 11.8.